The number of aryl methyl sites for hydroxylation is 1. The maximum absolute atomic E-state index is 13.9. The van der Waals surface area contributed by atoms with E-state index in [1.807, 2.05) is 69.3 Å². The fourth-order valence-electron chi connectivity index (χ4n) is 5.74. The molecule has 1 unspecified atom stereocenters. The predicted molar refractivity (Wildman–Crippen MR) is 166 cm³/mol. The minimum atomic E-state index is -0.864. The summed E-state index contributed by atoms with van der Waals surface area (Å²) in [5.41, 5.74) is 4.17. The second-order valence-electron chi connectivity index (χ2n) is 12.7. The van der Waals surface area contributed by atoms with Crippen molar-refractivity contribution in [3.05, 3.63) is 41.0 Å². The summed E-state index contributed by atoms with van der Waals surface area (Å²) < 4.78 is 0. The third kappa shape index (κ3) is 8.39. The molecule has 2 aromatic rings. The van der Waals surface area contributed by atoms with Gasteiger partial charge in [-0.25, -0.2) is 4.98 Å². The van der Waals surface area contributed by atoms with E-state index in [0.29, 0.717) is 19.6 Å². The molecule has 2 saturated heterocycles. The number of nitrogens with zero attached hydrogens (tertiary/aromatic N) is 4. The summed E-state index contributed by atoms with van der Waals surface area (Å²) in [6, 6.07) is 5.96. The van der Waals surface area contributed by atoms with Crippen molar-refractivity contribution < 1.29 is 24.6 Å². The summed E-state index contributed by atoms with van der Waals surface area (Å²) in [6.45, 7) is 13.4. The number of aromatic nitrogens is 1. The van der Waals surface area contributed by atoms with Crippen LogP contribution in [0.15, 0.2) is 29.8 Å². The second kappa shape index (κ2) is 14.3. The molecule has 43 heavy (non-hydrogen) atoms. The first-order chi connectivity index (χ1) is 20.4. The molecule has 0 spiro atoms. The van der Waals surface area contributed by atoms with Crippen molar-refractivity contribution in [3.8, 4) is 10.4 Å². The molecule has 236 valence electrons. The molecule has 0 radical (unpaired) electrons. The highest BCUT2D eigenvalue weighted by Gasteiger charge is 2.44. The summed E-state index contributed by atoms with van der Waals surface area (Å²) in [7, 11) is 0. The highest BCUT2D eigenvalue weighted by molar-refractivity contribution is 7.13. The molecule has 2 aliphatic heterocycles. The lowest BCUT2D eigenvalue weighted by Crippen LogP contribution is -2.59. The zero-order valence-electron chi connectivity index (χ0n) is 25.9. The third-order valence-corrected chi connectivity index (χ3v) is 9.29. The van der Waals surface area contributed by atoms with Crippen LogP contribution in [0.3, 0.4) is 0 Å². The van der Waals surface area contributed by atoms with Gasteiger partial charge in [0.2, 0.25) is 17.7 Å². The van der Waals surface area contributed by atoms with E-state index in [9.17, 15) is 19.5 Å². The molecule has 0 saturated carbocycles. The van der Waals surface area contributed by atoms with E-state index in [2.05, 4.69) is 20.5 Å². The van der Waals surface area contributed by atoms with Gasteiger partial charge in [0.05, 0.1) is 41.4 Å². The largest absolute Gasteiger partial charge is 0.395 e. The summed E-state index contributed by atoms with van der Waals surface area (Å²) in [5.74, 6) is -0.961. The highest BCUT2D eigenvalue weighted by Crippen LogP contribution is 2.29. The van der Waals surface area contributed by atoms with E-state index in [4.69, 9.17) is 5.11 Å². The van der Waals surface area contributed by atoms with Gasteiger partial charge in [0, 0.05) is 45.7 Å². The zero-order valence-corrected chi connectivity index (χ0v) is 26.7. The predicted octanol–water partition coefficient (Wildman–Crippen LogP) is 1.40. The van der Waals surface area contributed by atoms with Crippen LogP contribution in [0.2, 0.25) is 0 Å². The van der Waals surface area contributed by atoms with Crippen LogP contribution in [0.25, 0.3) is 10.4 Å². The van der Waals surface area contributed by atoms with Crippen molar-refractivity contribution in [2.24, 2.45) is 5.41 Å². The van der Waals surface area contributed by atoms with Gasteiger partial charge in [-0.1, -0.05) is 45.0 Å². The molecular weight excluding hydrogens is 568 g/mol. The van der Waals surface area contributed by atoms with Crippen LogP contribution in [0, 0.1) is 12.3 Å². The molecule has 0 aliphatic carbocycles. The Morgan fingerprint density at radius 2 is 1.72 bits per heavy atom. The Kier molecular flexibility index (Phi) is 10.9. The quantitative estimate of drug-likeness (QED) is 0.315. The van der Waals surface area contributed by atoms with Crippen LogP contribution in [-0.4, -0.2) is 118 Å². The molecule has 1 aromatic carbocycles. The number of rotatable bonds is 10. The standard InChI is InChI=1S/C31H46N6O5S/c1-20(22-6-8-23(9-7-22)27-21(2)32-19-43-27)33-29(41)25-16-24(39)17-37(25)30(42)28(31(3,4)5)34-26(40)18-36-12-10-35(11-13-36)14-15-38/h6-9,19-20,24-25,28,38-39H,10-18H2,1-5H3,(H,33,41)(H,34,40)/t20-,24+,25-,28?/m0/s1. The number of piperazine rings is 1. The van der Waals surface area contributed by atoms with Gasteiger partial charge in [-0.15, -0.1) is 11.3 Å². The molecule has 11 nitrogen and oxygen atoms in total. The molecule has 1 aromatic heterocycles. The van der Waals surface area contributed by atoms with Gasteiger partial charge >= 0.3 is 0 Å². The first-order valence-electron chi connectivity index (χ1n) is 15.0. The summed E-state index contributed by atoms with van der Waals surface area (Å²) in [4.78, 5) is 51.5. The van der Waals surface area contributed by atoms with Crippen LogP contribution in [0.4, 0.5) is 0 Å². The normalized spacial score (nSPS) is 21.4. The summed E-state index contributed by atoms with van der Waals surface area (Å²) >= 11 is 1.59. The Morgan fingerprint density at radius 3 is 2.30 bits per heavy atom. The molecular formula is C31H46N6O5S. The minimum absolute atomic E-state index is 0.0312. The fourth-order valence-corrected chi connectivity index (χ4v) is 6.55. The molecule has 12 heteroatoms. The van der Waals surface area contributed by atoms with Gasteiger partial charge in [-0.05, 0) is 30.4 Å². The first-order valence-corrected chi connectivity index (χ1v) is 15.9. The Balaban J connectivity index is 1.39. The summed E-state index contributed by atoms with van der Waals surface area (Å²) in [5, 5.41) is 25.6. The molecule has 0 bridgehead atoms. The van der Waals surface area contributed by atoms with Gasteiger partial charge in [-0.2, -0.15) is 0 Å². The number of aliphatic hydroxyl groups is 2. The number of amides is 3. The van der Waals surface area contributed by atoms with Gasteiger partial charge in [0.1, 0.15) is 12.1 Å². The molecule has 2 fully saturated rings. The lowest BCUT2D eigenvalue weighted by molar-refractivity contribution is -0.144. The van der Waals surface area contributed by atoms with Gasteiger partial charge in [-0.3, -0.25) is 24.2 Å². The van der Waals surface area contributed by atoms with Crippen LogP contribution in [-0.2, 0) is 14.4 Å². The number of carbonyl (C=O) groups is 3. The lowest BCUT2D eigenvalue weighted by atomic mass is 9.85. The molecule has 4 N–H and O–H groups in total. The molecule has 3 heterocycles. The van der Waals surface area contributed by atoms with Crippen molar-refractivity contribution in [2.45, 2.75) is 65.3 Å². The lowest BCUT2D eigenvalue weighted by Gasteiger charge is -2.37. The molecule has 4 rings (SSSR count). The maximum atomic E-state index is 13.9. The molecule has 3 amide bonds. The van der Waals surface area contributed by atoms with Crippen molar-refractivity contribution >= 4 is 29.1 Å². The van der Waals surface area contributed by atoms with Crippen molar-refractivity contribution in [3.63, 3.8) is 0 Å². The number of hydrogen-bond donors (Lipinski definition) is 4. The van der Waals surface area contributed by atoms with E-state index in [1.54, 1.807) is 11.3 Å². The topological polar surface area (TPSA) is 138 Å². The number of benzene rings is 1. The van der Waals surface area contributed by atoms with Crippen LogP contribution in [0.5, 0.6) is 0 Å². The highest BCUT2D eigenvalue weighted by atomic mass is 32.1. The van der Waals surface area contributed by atoms with E-state index in [-0.39, 0.29) is 49.9 Å². The Morgan fingerprint density at radius 1 is 1.07 bits per heavy atom. The number of thiazole rings is 1. The maximum Gasteiger partial charge on any atom is 0.246 e. The number of carbonyl (C=O) groups excluding carboxylic acids is 3. The molecule has 2 aliphatic rings. The van der Waals surface area contributed by atoms with Crippen LogP contribution < -0.4 is 10.6 Å². The van der Waals surface area contributed by atoms with Crippen molar-refractivity contribution in [1.29, 1.82) is 0 Å². The Hall–Kier alpha value is -2.90. The SMILES string of the molecule is Cc1ncsc1-c1ccc([C@H](C)NC(=O)[C@@H]2C[C@@H](O)CN2C(=O)C(NC(=O)CN2CCN(CCO)CC2)C(C)(C)C)cc1. The van der Waals surface area contributed by atoms with E-state index in [0.717, 1.165) is 34.8 Å². The number of nitrogens with one attached hydrogen (secondary N) is 2. The van der Waals surface area contributed by atoms with E-state index < -0.39 is 23.6 Å². The van der Waals surface area contributed by atoms with Gasteiger partial charge < -0.3 is 25.7 Å². The number of hydrogen-bond acceptors (Lipinski definition) is 9. The van der Waals surface area contributed by atoms with Crippen LogP contribution >= 0.6 is 11.3 Å². The third-order valence-electron chi connectivity index (χ3n) is 8.31. The Bertz CT molecular complexity index is 1250. The number of β-amino-alcohol motifs (C(OH)–C–C–N with tert-alkyl or cyclic N) is 2. The van der Waals surface area contributed by atoms with Crippen molar-refractivity contribution in [2.75, 3.05) is 52.4 Å². The number of aliphatic hydroxyl groups excluding tert-OH is 2. The average Bonchev–Trinajstić information content (AvgIpc) is 3.57. The molecule has 4 atom stereocenters. The summed E-state index contributed by atoms with van der Waals surface area (Å²) in [6.07, 6.45) is -0.694. The second-order valence-corrected chi connectivity index (χ2v) is 13.6. The zero-order chi connectivity index (χ0) is 31.3. The van der Waals surface area contributed by atoms with E-state index in [1.165, 1.54) is 4.90 Å². The van der Waals surface area contributed by atoms with E-state index >= 15 is 0 Å². The number of likely N-dealkylation sites (tertiary alicyclic amines) is 1. The van der Waals surface area contributed by atoms with Crippen molar-refractivity contribution in [1.82, 2.24) is 30.3 Å². The average molecular weight is 615 g/mol. The Labute approximate surface area is 258 Å². The fraction of sp³-hybridized carbons (Fsp3) is 0.613. The van der Waals surface area contributed by atoms with Crippen LogP contribution in [0.1, 0.15) is 51.4 Å². The smallest absolute Gasteiger partial charge is 0.246 e. The van der Waals surface area contributed by atoms with Gasteiger partial charge in [0.15, 0.2) is 0 Å². The minimum Gasteiger partial charge on any atom is -0.395 e. The first kappa shape index (κ1) is 33.0. The van der Waals surface area contributed by atoms with Gasteiger partial charge in [0.25, 0.3) is 0 Å². The monoisotopic (exact) mass is 614 g/mol.